The zero-order valence-corrected chi connectivity index (χ0v) is 13.2. The maximum absolute atomic E-state index is 13.0. The summed E-state index contributed by atoms with van der Waals surface area (Å²) in [5, 5.41) is 0. The number of unbranched alkanes of at least 4 members (excludes halogenated alkanes) is 1. The van der Waals surface area contributed by atoms with Gasteiger partial charge in [0.1, 0.15) is 5.82 Å². The lowest BCUT2D eigenvalue weighted by Gasteiger charge is -2.05. The minimum absolute atomic E-state index is 0.256. The molecule has 1 aromatic heterocycles. The van der Waals surface area contributed by atoms with Gasteiger partial charge in [-0.15, -0.1) is 0 Å². The van der Waals surface area contributed by atoms with Gasteiger partial charge in [0.2, 0.25) is 0 Å². The first-order chi connectivity index (χ1) is 11.3. The second kappa shape index (κ2) is 7.14. The molecule has 0 radical (unpaired) electrons. The number of hydrogen-bond acceptors (Lipinski definition) is 2. The van der Waals surface area contributed by atoms with Gasteiger partial charge in [-0.05, 0) is 48.2 Å². The Labute approximate surface area is 136 Å². The Balaban J connectivity index is 1.77. The van der Waals surface area contributed by atoms with Crippen LogP contribution < -0.4 is 0 Å². The van der Waals surface area contributed by atoms with E-state index >= 15 is 0 Å². The average molecular weight is 306 g/mol. The SMILES string of the molecule is CCCCc1ccc(-c2cnc(-c3ccc(F)cc3)nc2)cc1. The summed E-state index contributed by atoms with van der Waals surface area (Å²) in [6.07, 6.45) is 7.17. The predicted molar refractivity (Wildman–Crippen MR) is 91.5 cm³/mol. The highest BCUT2D eigenvalue weighted by Gasteiger charge is 2.04. The van der Waals surface area contributed by atoms with Crippen LogP contribution in [0.15, 0.2) is 60.9 Å². The van der Waals surface area contributed by atoms with Crippen LogP contribution in [0, 0.1) is 5.82 Å². The van der Waals surface area contributed by atoms with Crippen molar-refractivity contribution in [3.8, 4) is 22.5 Å². The van der Waals surface area contributed by atoms with E-state index in [9.17, 15) is 4.39 Å². The standard InChI is InChI=1S/C20H19FN2/c1-2-3-4-15-5-7-16(8-6-15)18-13-22-20(23-14-18)17-9-11-19(21)12-10-17/h5-14H,2-4H2,1H3. The number of halogens is 1. The molecule has 23 heavy (non-hydrogen) atoms. The summed E-state index contributed by atoms with van der Waals surface area (Å²) in [6, 6.07) is 14.8. The van der Waals surface area contributed by atoms with Crippen LogP contribution >= 0.6 is 0 Å². The van der Waals surface area contributed by atoms with Crippen molar-refractivity contribution >= 4 is 0 Å². The van der Waals surface area contributed by atoms with E-state index < -0.39 is 0 Å². The topological polar surface area (TPSA) is 25.8 Å². The first-order valence-electron chi connectivity index (χ1n) is 7.93. The van der Waals surface area contributed by atoms with Crippen LogP contribution in [0.2, 0.25) is 0 Å². The van der Waals surface area contributed by atoms with Gasteiger partial charge in [0.15, 0.2) is 5.82 Å². The minimum Gasteiger partial charge on any atom is -0.236 e. The van der Waals surface area contributed by atoms with Gasteiger partial charge in [0, 0.05) is 23.5 Å². The lowest BCUT2D eigenvalue weighted by atomic mass is 10.0. The van der Waals surface area contributed by atoms with Crippen molar-refractivity contribution in [1.82, 2.24) is 9.97 Å². The lowest BCUT2D eigenvalue weighted by molar-refractivity contribution is 0.628. The molecular formula is C20H19FN2. The van der Waals surface area contributed by atoms with Gasteiger partial charge >= 0.3 is 0 Å². The van der Waals surface area contributed by atoms with Crippen LogP contribution in [-0.2, 0) is 6.42 Å². The van der Waals surface area contributed by atoms with Crippen molar-refractivity contribution in [2.75, 3.05) is 0 Å². The monoisotopic (exact) mass is 306 g/mol. The lowest BCUT2D eigenvalue weighted by Crippen LogP contribution is -1.90. The van der Waals surface area contributed by atoms with E-state index in [1.165, 1.54) is 30.5 Å². The van der Waals surface area contributed by atoms with Gasteiger partial charge in [-0.25, -0.2) is 14.4 Å². The molecule has 1 heterocycles. The van der Waals surface area contributed by atoms with Crippen LogP contribution in [0.1, 0.15) is 25.3 Å². The highest BCUT2D eigenvalue weighted by molar-refractivity contribution is 5.64. The maximum Gasteiger partial charge on any atom is 0.159 e. The molecule has 0 spiro atoms. The van der Waals surface area contributed by atoms with E-state index in [4.69, 9.17) is 0 Å². The van der Waals surface area contributed by atoms with Crippen molar-refractivity contribution in [2.45, 2.75) is 26.2 Å². The molecule has 116 valence electrons. The Morgan fingerprint density at radius 1 is 0.783 bits per heavy atom. The molecule has 0 saturated heterocycles. The molecule has 0 bridgehead atoms. The molecule has 0 fully saturated rings. The summed E-state index contributed by atoms with van der Waals surface area (Å²) >= 11 is 0. The zero-order chi connectivity index (χ0) is 16.1. The average Bonchev–Trinajstić information content (AvgIpc) is 2.61. The molecule has 0 N–H and O–H groups in total. The molecule has 0 aliphatic rings. The van der Waals surface area contributed by atoms with E-state index in [1.807, 2.05) is 12.4 Å². The van der Waals surface area contributed by atoms with E-state index in [1.54, 1.807) is 12.1 Å². The highest BCUT2D eigenvalue weighted by Crippen LogP contribution is 2.21. The van der Waals surface area contributed by atoms with Crippen LogP contribution in [0.25, 0.3) is 22.5 Å². The van der Waals surface area contributed by atoms with Gasteiger partial charge < -0.3 is 0 Å². The number of rotatable bonds is 5. The summed E-state index contributed by atoms with van der Waals surface area (Å²) < 4.78 is 13.0. The fraction of sp³-hybridized carbons (Fsp3) is 0.200. The van der Waals surface area contributed by atoms with Crippen molar-refractivity contribution in [3.05, 3.63) is 72.3 Å². The van der Waals surface area contributed by atoms with Crippen molar-refractivity contribution in [1.29, 1.82) is 0 Å². The molecule has 0 unspecified atom stereocenters. The third kappa shape index (κ3) is 3.81. The van der Waals surface area contributed by atoms with Gasteiger partial charge in [0.05, 0.1) is 0 Å². The third-order valence-electron chi connectivity index (χ3n) is 3.86. The third-order valence-corrected chi connectivity index (χ3v) is 3.86. The molecule has 0 saturated carbocycles. The van der Waals surface area contributed by atoms with E-state index in [0.29, 0.717) is 5.82 Å². The molecular weight excluding hydrogens is 287 g/mol. The van der Waals surface area contributed by atoms with E-state index in [2.05, 4.69) is 41.2 Å². The Morgan fingerprint density at radius 3 is 2.00 bits per heavy atom. The summed E-state index contributed by atoms with van der Waals surface area (Å²) in [7, 11) is 0. The maximum atomic E-state index is 13.0. The van der Waals surface area contributed by atoms with E-state index in [0.717, 1.165) is 23.1 Å². The van der Waals surface area contributed by atoms with Crippen LogP contribution in [0.5, 0.6) is 0 Å². The Morgan fingerprint density at radius 2 is 1.39 bits per heavy atom. The van der Waals surface area contributed by atoms with Gasteiger partial charge in [-0.1, -0.05) is 37.6 Å². The van der Waals surface area contributed by atoms with Crippen molar-refractivity contribution in [3.63, 3.8) is 0 Å². The van der Waals surface area contributed by atoms with Crippen LogP contribution in [-0.4, -0.2) is 9.97 Å². The zero-order valence-electron chi connectivity index (χ0n) is 13.2. The number of benzene rings is 2. The molecule has 0 atom stereocenters. The fourth-order valence-corrected chi connectivity index (χ4v) is 2.47. The fourth-order valence-electron chi connectivity index (χ4n) is 2.47. The van der Waals surface area contributed by atoms with Crippen molar-refractivity contribution in [2.24, 2.45) is 0 Å². The van der Waals surface area contributed by atoms with E-state index in [-0.39, 0.29) is 5.82 Å². The van der Waals surface area contributed by atoms with Crippen LogP contribution in [0.3, 0.4) is 0 Å². The number of nitrogens with zero attached hydrogens (tertiary/aromatic N) is 2. The summed E-state index contributed by atoms with van der Waals surface area (Å²) in [5.74, 6) is 0.349. The Hall–Kier alpha value is -2.55. The second-order valence-electron chi connectivity index (χ2n) is 5.60. The first kappa shape index (κ1) is 15.3. The molecule has 3 aromatic rings. The quantitative estimate of drug-likeness (QED) is 0.640. The normalized spacial score (nSPS) is 10.7. The smallest absolute Gasteiger partial charge is 0.159 e. The Bertz CT molecular complexity index is 747. The second-order valence-corrected chi connectivity index (χ2v) is 5.60. The molecule has 0 amide bonds. The first-order valence-corrected chi connectivity index (χ1v) is 7.93. The van der Waals surface area contributed by atoms with Crippen molar-refractivity contribution < 1.29 is 4.39 Å². The summed E-state index contributed by atoms with van der Waals surface area (Å²) in [5.41, 5.74) is 4.26. The molecule has 2 nitrogen and oxygen atoms in total. The predicted octanol–water partition coefficient (Wildman–Crippen LogP) is 5.29. The number of hydrogen-bond donors (Lipinski definition) is 0. The minimum atomic E-state index is -0.256. The molecule has 2 aromatic carbocycles. The van der Waals surface area contributed by atoms with Crippen LogP contribution in [0.4, 0.5) is 4.39 Å². The molecule has 3 heteroatoms. The molecule has 0 aliphatic carbocycles. The Kier molecular flexibility index (Phi) is 4.77. The highest BCUT2D eigenvalue weighted by atomic mass is 19.1. The van der Waals surface area contributed by atoms with Gasteiger partial charge in [-0.3, -0.25) is 0 Å². The summed E-state index contributed by atoms with van der Waals surface area (Å²) in [6.45, 7) is 2.20. The molecule has 0 aliphatic heterocycles. The molecule has 3 rings (SSSR count). The summed E-state index contributed by atoms with van der Waals surface area (Å²) in [4.78, 5) is 8.79. The number of aryl methyl sites for hydroxylation is 1. The van der Waals surface area contributed by atoms with Gasteiger partial charge in [-0.2, -0.15) is 0 Å². The largest absolute Gasteiger partial charge is 0.236 e. The number of aromatic nitrogens is 2. The van der Waals surface area contributed by atoms with Gasteiger partial charge in [0.25, 0.3) is 0 Å².